The number of nitrogens with one attached hydrogen (secondary N) is 2. The van der Waals surface area contributed by atoms with Crippen molar-refractivity contribution in [1.29, 1.82) is 0 Å². The molecule has 4 unspecified atom stereocenters. The maximum absolute atomic E-state index is 14.2. The summed E-state index contributed by atoms with van der Waals surface area (Å²) in [4.78, 5) is 45.1. The van der Waals surface area contributed by atoms with Gasteiger partial charge in [0.1, 0.15) is 23.3 Å². The average molecular weight is 864 g/mol. The van der Waals surface area contributed by atoms with E-state index in [1.807, 2.05) is 6.92 Å². The molecular weight excluding hydrogens is 829 g/mol. The molecule has 5 atom stereocenters. The van der Waals surface area contributed by atoms with Gasteiger partial charge in [-0.05, 0) is 111 Å². The lowest BCUT2D eigenvalue weighted by molar-refractivity contribution is -0.503. The number of nitrogens with zero attached hydrogens (tertiary/aromatic N) is 2. The molecule has 1 spiro atoms. The van der Waals surface area contributed by atoms with Gasteiger partial charge in [-0.1, -0.05) is 23.2 Å². The predicted molar refractivity (Wildman–Crippen MR) is 202 cm³/mol. The molecule has 19 heteroatoms. The number of aromatic nitrogens is 2. The molecule has 4 aliphatic carbocycles. The Hall–Kier alpha value is -4.10. The lowest BCUT2D eigenvalue weighted by Gasteiger charge is -2.81. The Bertz CT molecular complexity index is 2540. The highest BCUT2D eigenvalue weighted by Crippen LogP contribution is 2.81. The summed E-state index contributed by atoms with van der Waals surface area (Å²) >= 11 is 12.7. The number of benzene rings is 3. The zero-order valence-corrected chi connectivity index (χ0v) is 33.1. The number of aliphatic hydroxyl groups is 1. The predicted octanol–water partition coefficient (Wildman–Crippen LogP) is 6.21. The minimum absolute atomic E-state index is 0.0108. The number of sulfone groups is 2. The Balaban J connectivity index is 0.922. The number of amides is 2. The molecule has 1 aromatic heterocycles. The largest absolute Gasteiger partial charge is 0.393 e. The van der Waals surface area contributed by atoms with Crippen LogP contribution in [0.4, 0.5) is 20.3 Å². The van der Waals surface area contributed by atoms with Crippen LogP contribution in [0.1, 0.15) is 59.7 Å². The van der Waals surface area contributed by atoms with Gasteiger partial charge in [0.2, 0.25) is 0 Å². The second kappa shape index (κ2) is 14.0. The number of rotatable bonds is 12. The van der Waals surface area contributed by atoms with Crippen LogP contribution in [0.5, 0.6) is 0 Å². The van der Waals surface area contributed by atoms with Gasteiger partial charge in [0.15, 0.2) is 31.3 Å². The smallest absolute Gasteiger partial charge is 0.256 e. The molecule has 0 bridgehead atoms. The summed E-state index contributed by atoms with van der Waals surface area (Å²) in [5.74, 6) is -3.83. The van der Waals surface area contributed by atoms with Crippen LogP contribution in [-0.4, -0.2) is 72.0 Å². The molecule has 0 aliphatic heterocycles. The molecule has 4 fully saturated rings. The van der Waals surface area contributed by atoms with Gasteiger partial charge in [-0.2, -0.15) is 0 Å². The van der Waals surface area contributed by atoms with Crippen LogP contribution < -0.4 is 10.6 Å². The van der Waals surface area contributed by atoms with Crippen molar-refractivity contribution >= 4 is 66.2 Å². The third kappa shape index (κ3) is 6.33. The van der Waals surface area contributed by atoms with Gasteiger partial charge in [-0.15, -0.1) is 0 Å². The van der Waals surface area contributed by atoms with Crippen molar-refractivity contribution in [2.24, 2.45) is 17.3 Å². The van der Waals surface area contributed by atoms with Gasteiger partial charge in [-0.3, -0.25) is 9.59 Å². The molecule has 300 valence electrons. The summed E-state index contributed by atoms with van der Waals surface area (Å²) in [5, 5.41) is 13.4. The van der Waals surface area contributed by atoms with Gasteiger partial charge >= 0.3 is 0 Å². The summed E-state index contributed by atoms with van der Waals surface area (Å²) in [5.41, 5.74) is -2.96. The first-order valence-corrected chi connectivity index (χ1v) is 21.7. The van der Waals surface area contributed by atoms with E-state index in [0.29, 0.717) is 12.8 Å². The van der Waals surface area contributed by atoms with E-state index in [4.69, 9.17) is 33.0 Å². The number of halogens is 4. The fraction of sp³-hybridized carbons (Fsp3) is 0.368. The van der Waals surface area contributed by atoms with Gasteiger partial charge in [0.25, 0.3) is 11.8 Å². The van der Waals surface area contributed by atoms with Crippen molar-refractivity contribution in [3.8, 4) is 0 Å². The molecule has 3 N–H and O–H groups in total. The van der Waals surface area contributed by atoms with Crippen LogP contribution in [0, 0.1) is 28.9 Å². The van der Waals surface area contributed by atoms with E-state index in [1.54, 1.807) is 0 Å². The van der Waals surface area contributed by atoms with Crippen molar-refractivity contribution in [2.45, 2.75) is 70.5 Å². The molecule has 4 aromatic rings. The Kier molecular flexibility index (Phi) is 9.77. The van der Waals surface area contributed by atoms with Gasteiger partial charge in [0.05, 0.1) is 36.9 Å². The van der Waals surface area contributed by atoms with Crippen LogP contribution in [0.25, 0.3) is 0 Å². The van der Waals surface area contributed by atoms with Gasteiger partial charge < -0.3 is 15.7 Å². The first kappa shape index (κ1) is 39.7. The summed E-state index contributed by atoms with van der Waals surface area (Å²) in [7, 11) is -8.18. The number of hydrogen-bond acceptors (Lipinski definition) is 11. The SMILES string of the molecule is C[C@]1(OOC2(CO)CC(S(=O)(=O)c3cc(C(=O)Nc4ccc(F)c(F)c4)ccc3Cl)C2)C2CCC23C1CC3S(=O)(=O)c1cc(C(=O)Nc2ccncn2)ccc1Cl. The summed E-state index contributed by atoms with van der Waals surface area (Å²) in [6.07, 6.45) is 3.89. The van der Waals surface area contributed by atoms with E-state index in [0.717, 1.165) is 24.3 Å². The number of aliphatic hydroxyl groups excluding tert-OH is 1. The Morgan fingerprint density at radius 2 is 1.51 bits per heavy atom. The minimum Gasteiger partial charge on any atom is -0.393 e. The molecule has 57 heavy (non-hydrogen) atoms. The zero-order valence-electron chi connectivity index (χ0n) is 29.9. The number of carbonyl (C=O) groups is 2. The molecule has 4 saturated carbocycles. The van der Waals surface area contributed by atoms with E-state index in [-0.39, 0.29) is 73.6 Å². The molecule has 0 saturated heterocycles. The highest BCUT2D eigenvalue weighted by Gasteiger charge is 2.84. The fourth-order valence-corrected chi connectivity index (χ4v) is 14.5. The third-order valence-electron chi connectivity index (χ3n) is 12.3. The number of carbonyl (C=O) groups excluding carboxylic acids is 2. The molecule has 2 amide bonds. The standard InChI is InChI=1S/C38H34Cl2F2N4O9S2/c1-36(30-8-10-38(30)31(36)15-32(38)57(52,53)29-13-21(3-6-25(29)40)35(49)46-33-9-11-43-19-44-33)54-55-37(18-47)16-23(17-37)56(50,51)28-12-20(2-5-24(28)39)34(48)45-22-4-7-26(41)27(42)14-22/h2-7,9,11-14,19,23,30-32,47H,8,10,15-18H2,1H3,(H,45,48)(H,43,44,46,49)/t23?,30?,31?,32?,36-,37?,38?/m0/s1. The molecule has 4 aliphatic rings. The van der Waals surface area contributed by atoms with Crippen molar-refractivity contribution in [1.82, 2.24) is 9.97 Å². The molecule has 1 heterocycles. The van der Waals surface area contributed by atoms with E-state index in [2.05, 4.69) is 20.6 Å². The Morgan fingerprint density at radius 3 is 2.07 bits per heavy atom. The van der Waals surface area contributed by atoms with Gasteiger partial charge in [-0.25, -0.2) is 45.4 Å². The highest BCUT2D eigenvalue weighted by molar-refractivity contribution is 7.92. The molecule has 8 rings (SSSR count). The lowest BCUT2D eigenvalue weighted by atomic mass is 9.27. The van der Waals surface area contributed by atoms with Crippen LogP contribution in [0.3, 0.4) is 0 Å². The summed E-state index contributed by atoms with van der Waals surface area (Å²) in [6, 6.07) is 12.0. The van der Waals surface area contributed by atoms with E-state index >= 15 is 0 Å². The maximum atomic E-state index is 14.2. The van der Waals surface area contributed by atoms with Crippen molar-refractivity contribution in [2.75, 3.05) is 17.2 Å². The molecule has 13 nitrogen and oxygen atoms in total. The van der Waals surface area contributed by atoms with Crippen molar-refractivity contribution in [3.63, 3.8) is 0 Å². The van der Waals surface area contributed by atoms with Crippen LogP contribution in [0.15, 0.2) is 83.0 Å². The minimum atomic E-state index is -4.17. The maximum Gasteiger partial charge on any atom is 0.256 e. The van der Waals surface area contributed by atoms with E-state index < -0.39 is 76.8 Å². The highest BCUT2D eigenvalue weighted by atomic mass is 35.5. The van der Waals surface area contributed by atoms with E-state index in [9.17, 15) is 40.3 Å². The quantitative estimate of drug-likeness (QED) is 0.108. The van der Waals surface area contributed by atoms with Crippen molar-refractivity contribution < 1.29 is 50.1 Å². The lowest BCUT2D eigenvalue weighted by Crippen LogP contribution is -2.84. The normalized spacial score (nSPS) is 28.7. The van der Waals surface area contributed by atoms with Crippen LogP contribution in [-0.2, 0) is 29.4 Å². The van der Waals surface area contributed by atoms with Crippen LogP contribution in [0.2, 0.25) is 10.0 Å². The monoisotopic (exact) mass is 862 g/mol. The fourth-order valence-electron chi connectivity index (χ4n) is 9.19. The topological polar surface area (TPSA) is 191 Å². The third-order valence-corrected chi connectivity index (χ3v) is 17.7. The average Bonchev–Trinajstić information content (AvgIpc) is 3.12. The number of hydrogen-bond donors (Lipinski definition) is 3. The summed E-state index contributed by atoms with van der Waals surface area (Å²) < 4.78 is 82.8. The van der Waals surface area contributed by atoms with Crippen LogP contribution >= 0.6 is 23.2 Å². The van der Waals surface area contributed by atoms with E-state index in [1.165, 1.54) is 48.9 Å². The molecular formula is C38H34Cl2F2N4O9S2. The van der Waals surface area contributed by atoms with Gasteiger partial charge in [0, 0.05) is 29.1 Å². The Labute approximate surface area is 335 Å². The Morgan fingerprint density at radius 1 is 0.860 bits per heavy atom. The summed E-state index contributed by atoms with van der Waals surface area (Å²) in [6.45, 7) is 1.25. The molecule has 0 radical (unpaired) electrons. The second-order valence-corrected chi connectivity index (χ2v) is 20.3. The number of anilines is 2. The molecule has 3 aromatic carbocycles. The first-order chi connectivity index (χ1) is 26.9. The zero-order chi connectivity index (χ0) is 40.7. The van der Waals surface area contributed by atoms with Crippen molar-refractivity contribution in [3.05, 3.63) is 106 Å². The second-order valence-electron chi connectivity index (χ2n) is 15.2. The first-order valence-electron chi connectivity index (χ1n) is 17.8.